The third kappa shape index (κ3) is 3.55. The van der Waals surface area contributed by atoms with Crippen molar-refractivity contribution >= 4 is 17.4 Å². The van der Waals surface area contributed by atoms with Gasteiger partial charge in [-0.2, -0.15) is 0 Å². The van der Waals surface area contributed by atoms with E-state index in [1.54, 1.807) is 30.6 Å². The lowest BCUT2D eigenvalue weighted by Crippen LogP contribution is -2.56. The molecule has 144 valence electrons. The molecule has 0 unspecified atom stereocenters. The summed E-state index contributed by atoms with van der Waals surface area (Å²) >= 11 is 6.34. The zero-order chi connectivity index (χ0) is 19.9. The molecule has 8 heteroatoms. The maximum Gasteiger partial charge on any atom is 0.270 e. The Morgan fingerprint density at radius 3 is 2.43 bits per heavy atom. The first-order chi connectivity index (χ1) is 13.3. The molecule has 2 N–H and O–H groups in total. The van der Waals surface area contributed by atoms with Gasteiger partial charge in [-0.1, -0.05) is 35.9 Å². The van der Waals surface area contributed by atoms with E-state index in [9.17, 15) is 8.78 Å². The van der Waals surface area contributed by atoms with Gasteiger partial charge in [0.15, 0.2) is 0 Å². The first-order valence-corrected chi connectivity index (χ1v) is 9.17. The Bertz CT molecular complexity index is 998. The largest absolute Gasteiger partial charge is 0.352 e. The number of nitrogens with zero attached hydrogens (tertiary/aromatic N) is 4. The average molecular weight is 402 g/mol. The Morgan fingerprint density at radius 2 is 1.82 bits per heavy atom. The molecular weight excluding hydrogens is 384 g/mol. The van der Waals surface area contributed by atoms with Gasteiger partial charge >= 0.3 is 0 Å². The molecule has 0 radical (unpaired) electrons. The van der Waals surface area contributed by atoms with E-state index in [4.69, 9.17) is 22.3 Å². The van der Waals surface area contributed by atoms with Crippen molar-refractivity contribution < 1.29 is 8.78 Å². The molecule has 1 fully saturated rings. The first kappa shape index (κ1) is 18.7. The van der Waals surface area contributed by atoms with Crippen LogP contribution in [-0.4, -0.2) is 34.1 Å². The second-order valence-electron chi connectivity index (χ2n) is 6.91. The fourth-order valence-corrected chi connectivity index (χ4v) is 3.33. The van der Waals surface area contributed by atoms with Gasteiger partial charge in [0.1, 0.15) is 11.5 Å². The van der Waals surface area contributed by atoms with Crippen molar-refractivity contribution in [2.75, 3.05) is 18.0 Å². The van der Waals surface area contributed by atoms with E-state index >= 15 is 0 Å². The number of nitrogens with two attached hydrogens (primary N) is 1. The molecule has 1 aromatic carbocycles. The van der Waals surface area contributed by atoms with E-state index in [1.165, 1.54) is 18.3 Å². The Morgan fingerprint density at radius 1 is 1.11 bits per heavy atom. The van der Waals surface area contributed by atoms with Gasteiger partial charge < -0.3 is 10.6 Å². The van der Waals surface area contributed by atoms with Gasteiger partial charge in [-0.05, 0) is 6.07 Å². The summed E-state index contributed by atoms with van der Waals surface area (Å²) in [5.74, 6) is -2.20. The molecule has 0 bridgehead atoms. The first-order valence-electron chi connectivity index (χ1n) is 8.79. The molecule has 0 aliphatic carbocycles. The minimum absolute atomic E-state index is 0.0566. The van der Waals surface area contributed by atoms with Crippen LogP contribution in [0.15, 0.2) is 48.9 Å². The number of hydrogen-bond donors (Lipinski definition) is 1. The van der Waals surface area contributed by atoms with Crippen LogP contribution in [0, 0.1) is 0 Å². The number of anilines is 1. The van der Waals surface area contributed by atoms with E-state index in [-0.39, 0.29) is 11.6 Å². The lowest BCUT2D eigenvalue weighted by atomic mass is 10.0. The summed E-state index contributed by atoms with van der Waals surface area (Å²) in [5, 5.41) is 0.437. The quantitative estimate of drug-likeness (QED) is 0.712. The highest BCUT2D eigenvalue weighted by atomic mass is 35.5. The van der Waals surface area contributed by atoms with Crippen LogP contribution in [0.25, 0.3) is 22.5 Å². The highest BCUT2D eigenvalue weighted by Crippen LogP contribution is 2.36. The van der Waals surface area contributed by atoms with Crippen LogP contribution in [0.5, 0.6) is 0 Å². The van der Waals surface area contributed by atoms with Crippen molar-refractivity contribution in [1.29, 1.82) is 0 Å². The molecule has 4 rings (SSSR count). The predicted octanol–water partition coefficient (Wildman–Crippen LogP) is 4.12. The lowest BCUT2D eigenvalue weighted by Gasteiger charge is -2.37. The maximum absolute atomic E-state index is 13.5. The van der Waals surface area contributed by atoms with Gasteiger partial charge in [0.2, 0.25) is 0 Å². The number of pyridine rings is 1. The van der Waals surface area contributed by atoms with Crippen molar-refractivity contribution in [2.24, 2.45) is 5.73 Å². The summed E-state index contributed by atoms with van der Waals surface area (Å²) in [5.41, 5.74) is 8.30. The smallest absolute Gasteiger partial charge is 0.270 e. The summed E-state index contributed by atoms with van der Waals surface area (Å²) in [7, 11) is 0. The van der Waals surface area contributed by atoms with Gasteiger partial charge in [-0.15, -0.1) is 0 Å². The third-order valence-corrected chi connectivity index (χ3v) is 4.99. The SMILES string of the molecule is CC(F)(F)c1ccc(-c2ncc(N3CC(N)C3)nc2-c2ccncc2Cl)cc1. The lowest BCUT2D eigenvalue weighted by molar-refractivity contribution is 0.0175. The number of hydrogen-bond acceptors (Lipinski definition) is 5. The number of halogens is 3. The van der Waals surface area contributed by atoms with Gasteiger partial charge in [0.05, 0.1) is 16.9 Å². The van der Waals surface area contributed by atoms with Crippen LogP contribution in [0.2, 0.25) is 5.02 Å². The number of rotatable bonds is 4. The van der Waals surface area contributed by atoms with Crippen LogP contribution >= 0.6 is 11.6 Å². The average Bonchev–Trinajstić information content (AvgIpc) is 2.65. The molecule has 3 aromatic rings. The summed E-state index contributed by atoms with van der Waals surface area (Å²) in [6.07, 6.45) is 4.83. The Hall–Kier alpha value is -2.64. The molecule has 0 amide bonds. The zero-order valence-electron chi connectivity index (χ0n) is 15.1. The summed E-state index contributed by atoms with van der Waals surface area (Å²) < 4.78 is 27.1. The van der Waals surface area contributed by atoms with Crippen LogP contribution in [0.4, 0.5) is 14.6 Å². The van der Waals surface area contributed by atoms with Gasteiger partial charge in [0.25, 0.3) is 5.92 Å². The number of benzene rings is 1. The Balaban J connectivity index is 1.81. The zero-order valence-corrected chi connectivity index (χ0v) is 15.9. The minimum Gasteiger partial charge on any atom is -0.352 e. The van der Waals surface area contributed by atoms with E-state index in [0.717, 1.165) is 6.92 Å². The van der Waals surface area contributed by atoms with E-state index < -0.39 is 5.92 Å². The van der Waals surface area contributed by atoms with E-state index in [2.05, 4.69) is 9.97 Å². The molecular formula is C20H18ClF2N5. The predicted molar refractivity (Wildman–Crippen MR) is 105 cm³/mol. The highest BCUT2D eigenvalue weighted by molar-refractivity contribution is 6.33. The van der Waals surface area contributed by atoms with Crippen molar-refractivity contribution in [2.45, 2.75) is 18.9 Å². The van der Waals surface area contributed by atoms with Crippen LogP contribution < -0.4 is 10.6 Å². The van der Waals surface area contributed by atoms with Gasteiger partial charge in [-0.3, -0.25) is 9.97 Å². The van der Waals surface area contributed by atoms with Crippen LogP contribution in [-0.2, 0) is 5.92 Å². The number of alkyl halides is 2. The third-order valence-electron chi connectivity index (χ3n) is 4.69. The monoisotopic (exact) mass is 401 g/mol. The molecule has 5 nitrogen and oxygen atoms in total. The summed E-state index contributed by atoms with van der Waals surface area (Å²) in [6, 6.07) is 7.92. The number of aromatic nitrogens is 3. The van der Waals surface area contributed by atoms with Crippen LogP contribution in [0.3, 0.4) is 0 Å². The van der Waals surface area contributed by atoms with Crippen molar-refractivity contribution in [1.82, 2.24) is 15.0 Å². The second kappa shape index (κ2) is 7.07. The van der Waals surface area contributed by atoms with E-state index in [0.29, 0.717) is 46.4 Å². The molecule has 2 aromatic heterocycles. The maximum atomic E-state index is 13.5. The van der Waals surface area contributed by atoms with Gasteiger partial charge in [-0.25, -0.2) is 13.8 Å². The molecule has 0 saturated carbocycles. The van der Waals surface area contributed by atoms with E-state index in [1.807, 2.05) is 4.90 Å². The molecule has 1 aliphatic rings. The standard InChI is InChI=1S/C20H18ClF2N5/c1-20(22,23)13-4-2-12(3-5-13)18-19(15-6-7-25-8-16(15)21)27-17(9-26-18)28-10-14(24)11-28/h2-9,14H,10-11,24H2,1H3. The summed E-state index contributed by atoms with van der Waals surface area (Å²) in [4.78, 5) is 15.4. The van der Waals surface area contributed by atoms with Crippen molar-refractivity contribution in [3.63, 3.8) is 0 Å². The molecule has 3 heterocycles. The summed E-state index contributed by atoms with van der Waals surface area (Å²) in [6.45, 7) is 2.28. The second-order valence-corrected chi connectivity index (χ2v) is 7.32. The van der Waals surface area contributed by atoms with Gasteiger partial charge in [0, 0.05) is 55.1 Å². The molecule has 28 heavy (non-hydrogen) atoms. The van der Waals surface area contributed by atoms with Crippen molar-refractivity contribution in [3.8, 4) is 22.5 Å². The van der Waals surface area contributed by atoms with Crippen LogP contribution in [0.1, 0.15) is 12.5 Å². The normalized spacial score (nSPS) is 14.8. The fourth-order valence-electron chi connectivity index (χ4n) is 3.12. The highest BCUT2D eigenvalue weighted by Gasteiger charge is 2.27. The molecule has 1 aliphatic heterocycles. The topological polar surface area (TPSA) is 67.9 Å². The fraction of sp³-hybridized carbons (Fsp3) is 0.250. The minimum atomic E-state index is -2.90. The Labute approximate surface area is 166 Å². The Kier molecular flexibility index (Phi) is 4.72. The molecule has 0 spiro atoms. The molecule has 1 saturated heterocycles. The molecule has 0 atom stereocenters. The van der Waals surface area contributed by atoms with Crippen molar-refractivity contribution in [3.05, 3.63) is 59.5 Å².